The van der Waals surface area contributed by atoms with Gasteiger partial charge in [0.05, 0.1) is 5.56 Å². The molecule has 4 aromatic rings. The molecule has 1 heterocycles. The fourth-order valence-corrected chi connectivity index (χ4v) is 3.60. The molecule has 3 aromatic carbocycles. The lowest BCUT2D eigenvalue weighted by Crippen LogP contribution is -2.13. The number of nitrogens with one attached hydrogen (secondary N) is 1. The molecule has 1 N–H and O–H groups in total. The second-order valence-electron chi connectivity index (χ2n) is 6.91. The highest BCUT2D eigenvalue weighted by atomic mass is 127. The van der Waals surface area contributed by atoms with E-state index in [1.807, 2.05) is 54.6 Å². The molecule has 0 atom stereocenters. The number of oxazole rings is 1. The average molecular weight is 482 g/mol. The summed E-state index contributed by atoms with van der Waals surface area (Å²) in [5.41, 5.74) is 5.13. The van der Waals surface area contributed by atoms with Crippen molar-refractivity contribution in [1.29, 1.82) is 0 Å². The number of hydrogen-bond donors (Lipinski definition) is 1. The van der Waals surface area contributed by atoms with Crippen molar-refractivity contribution in [3.8, 4) is 11.5 Å². The van der Waals surface area contributed by atoms with E-state index < -0.39 is 0 Å². The second kappa shape index (κ2) is 7.75. The normalized spacial score (nSPS) is 11.1. The van der Waals surface area contributed by atoms with Gasteiger partial charge in [-0.3, -0.25) is 4.79 Å². The number of halogens is 1. The Hall–Kier alpha value is -2.67. The van der Waals surface area contributed by atoms with Crippen molar-refractivity contribution in [2.45, 2.75) is 19.8 Å². The Morgan fingerprint density at radius 3 is 2.50 bits per heavy atom. The Morgan fingerprint density at radius 1 is 1.04 bits per heavy atom. The molecule has 0 aliphatic rings. The van der Waals surface area contributed by atoms with E-state index in [4.69, 9.17) is 4.42 Å². The van der Waals surface area contributed by atoms with E-state index in [1.165, 1.54) is 5.56 Å². The third kappa shape index (κ3) is 3.80. The molecular formula is C23H19IN2O2. The summed E-state index contributed by atoms with van der Waals surface area (Å²) in [4.78, 5) is 17.1. The molecule has 0 radical (unpaired) electrons. The summed E-state index contributed by atoms with van der Waals surface area (Å²) < 4.78 is 6.81. The molecule has 0 bridgehead atoms. The van der Waals surface area contributed by atoms with Crippen LogP contribution in [-0.2, 0) is 0 Å². The van der Waals surface area contributed by atoms with Crippen molar-refractivity contribution in [2.75, 3.05) is 5.32 Å². The number of carbonyl (C=O) groups excluding carboxylic acids is 1. The highest BCUT2D eigenvalue weighted by molar-refractivity contribution is 14.1. The lowest BCUT2D eigenvalue weighted by atomic mass is 10.0. The van der Waals surface area contributed by atoms with E-state index in [1.54, 1.807) is 0 Å². The van der Waals surface area contributed by atoms with Gasteiger partial charge in [-0.15, -0.1) is 0 Å². The Kier molecular flexibility index (Phi) is 5.17. The number of aromatic nitrogens is 1. The number of carbonyl (C=O) groups is 1. The van der Waals surface area contributed by atoms with Gasteiger partial charge in [-0.1, -0.05) is 32.0 Å². The van der Waals surface area contributed by atoms with E-state index >= 15 is 0 Å². The summed E-state index contributed by atoms with van der Waals surface area (Å²) in [6, 6.07) is 21.1. The number of fused-ring (bicyclic) bond motifs is 1. The van der Waals surface area contributed by atoms with Gasteiger partial charge in [-0.05, 0) is 82.6 Å². The Morgan fingerprint density at radius 2 is 1.79 bits per heavy atom. The van der Waals surface area contributed by atoms with Gasteiger partial charge in [0.1, 0.15) is 5.52 Å². The van der Waals surface area contributed by atoms with E-state index in [-0.39, 0.29) is 5.91 Å². The van der Waals surface area contributed by atoms with Crippen LogP contribution < -0.4 is 5.32 Å². The fourth-order valence-electron chi connectivity index (χ4n) is 2.97. The number of amides is 1. The summed E-state index contributed by atoms with van der Waals surface area (Å²) in [6.07, 6.45) is 0. The number of rotatable bonds is 4. The first-order chi connectivity index (χ1) is 13.5. The minimum Gasteiger partial charge on any atom is -0.436 e. The average Bonchev–Trinajstić information content (AvgIpc) is 3.12. The maximum Gasteiger partial charge on any atom is 0.256 e. The molecule has 0 unspecified atom stereocenters. The van der Waals surface area contributed by atoms with Crippen molar-refractivity contribution in [3.63, 3.8) is 0 Å². The van der Waals surface area contributed by atoms with Crippen LogP contribution in [0.1, 0.15) is 35.7 Å². The van der Waals surface area contributed by atoms with Crippen molar-refractivity contribution in [1.82, 2.24) is 4.98 Å². The summed E-state index contributed by atoms with van der Waals surface area (Å²) in [5.74, 6) is 0.896. The number of nitrogens with zero attached hydrogens (tertiary/aromatic N) is 1. The lowest BCUT2D eigenvalue weighted by molar-refractivity contribution is 0.102. The van der Waals surface area contributed by atoms with Gasteiger partial charge in [-0.2, -0.15) is 0 Å². The molecule has 140 valence electrons. The van der Waals surface area contributed by atoms with Gasteiger partial charge < -0.3 is 9.73 Å². The Labute approximate surface area is 177 Å². The van der Waals surface area contributed by atoms with Crippen LogP contribution in [0, 0.1) is 3.57 Å². The molecule has 0 saturated heterocycles. The van der Waals surface area contributed by atoms with Gasteiger partial charge in [0.25, 0.3) is 5.91 Å². The van der Waals surface area contributed by atoms with Crippen LogP contribution in [0.4, 0.5) is 5.69 Å². The van der Waals surface area contributed by atoms with Crippen LogP contribution in [0.5, 0.6) is 0 Å². The zero-order valence-electron chi connectivity index (χ0n) is 15.6. The predicted octanol–water partition coefficient (Wildman–Crippen LogP) is 6.48. The molecule has 0 fully saturated rings. The van der Waals surface area contributed by atoms with Crippen LogP contribution in [-0.4, -0.2) is 10.9 Å². The minimum atomic E-state index is -0.124. The van der Waals surface area contributed by atoms with Crippen molar-refractivity contribution < 1.29 is 9.21 Å². The molecule has 0 aliphatic heterocycles. The minimum absolute atomic E-state index is 0.124. The second-order valence-corrected chi connectivity index (χ2v) is 8.07. The largest absolute Gasteiger partial charge is 0.436 e. The maximum absolute atomic E-state index is 12.4. The third-order valence-corrected chi connectivity index (χ3v) is 5.53. The van der Waals surface area contributed by atoms with E-state index in [9.17, 15) is 4.79 Å². The Bertz CT molecular complexity index is 1150. The van der Waals surface area contributed by atoms with E-state index in [0.29, 0.717) is 17.4 Å². The van der Waals surface area contributed by atoms with Gasteiger partial charge in [0, 0.05) is 14.8 Å². The molecule has 4 rings (SSSR count). The Balaban J connectivity index is 1.55. The number of anilines is 1. The highest BCUT2D eigenvalue weighted by Gasteiger charge is 2.12. The zero-order chi connectivity index (χ0) is 19.7. The number of benzene rings is 3. The van der Waals surface area contributed by atoms with Crippen molar-refractivity contribution in [3.05, 3.63) is 81.4 Å². The first kappa shape index (κ1) is 18.7. The quantitative estimate of drug-likeness (QED) is 0.339. The molecule has 5 heteroatoms. The SMILES string of the molecule is CC(C)c1ccc2oc(-c3ccc(NC(=O)c4ccccc4I)cc3)nc2c1. The van der Waals surface area contributed by atoms with Gasteiger partial charge >= 0.3 is 0 Å². The smallest absolute Gasteiger partial charge is 0.256 e. The van der Waals surface area contributed by atoms with Gasteiger partial charge in [0.2, 0.25) is 5.89 Å². The molecule has 1 aromatic heterocycles. The molecule has 1 amide bonds. The van der Waals surface area contributed by atoms with Crippen LogP contribution in [0.3, 0.4) is 0 Å². The van der Waals surface area contributed by atoms with Gasteiger partial charge in [0.15, 0.2) is 5.58 Å². The van der Waals surface area contributed by atoms with Crippen LogP contribution >= 0.6 is 22.6 Å². The van der Waals surface area contributed by atoms with Crippen LogP contribution in [0.15, 0.2) is 71.1 Å². The molecular weight excluding hydrogens is 463 g/mol. The molecule has 0 aliphatic carbocycles. The topological polar surface area (TPSA) is 55.1 Å². The first-order valence-corrected chi connectivity index (χ1v) is 10.2. The molecule has 28 heavy (non-hydrogen) atoms. The van der Waals surface area contributed by atoms with Gasteiger partial charge in [-0.25, -0.2) is 4.98 Å². The predicted molar refractivity (Wildman–Crippen MR) is 121 cm³/mol. The van der Waals surface area contributed by atoms with Crippen LogP contribution in [0.25, 0.3) is 22.6 Å². The fraction of sp³-hybridized carbons (Fsp3) is 0.130. The molecule has 4 nitrogen and oxygen atoms in total. The van der Waals surface area contributed by atoms with E-state index in [2.05, 4.69) is 58.9 Å². The number of hydrogen-bond acceptors (Lipinski definition) is 3. The molecule has 0 spiro atoms. The first-order valence-electron chi connectivity index (χ1n) is 9.08. The van der Waals surface area contributed by atoms with Crippen LogP contribution in [0.2, 0.25) is 0 Å². The third-order valence-electron chi connectivity index (χ3n) is 4.59. The summed E-state index contributed by atoms with van der Waals surface area (Å²) >= 11 is 2.16. The summed E-state index contributed by atoms with van der Waals surface area (Å²) in [5, 5.41) is 2.93. The highest BCUT2D eigenvalue weighted by Crippen LogP contribution is 2.28. The monoisotopic (exact) mass is 482 g/mol. The van der Waals surface area contributed by atoms with Crippen molar-refractivity contribution >= 4 is 45.3 Å². The molecule has 0 saturated carbocycles. The van der Waals surface area contributed by atoms with Crippen molar-refractivity contribution in [2.24, 2.45) is 0 Å². The van der Waals surface area contributed by atoms with E-state index in [0.717, 1.165) is 25.9 Å². The standard InChI is InChI=1S/C23H19IN2O2/c1-14(2)16-9-12-21-20(13-16)26-23(28-21)15-7-10-17(11-8-15)25-22(27)18-5-3-4-6-19(18)24/h3-14H,1-2H3,(H,25,27). The lowest BCUT2D eigenvalue weighted by Gasteiger charge is -2.07. The summed E-state index contributed by atoms with van der Waals surface area (Å²) in [7, 11) is 0. The summed E-state index contributed by atoms with van der Waals surface area (Å²) in [6.45, 7) is 4.32. The zero-order valence-corrected chi connectivity index (χ0v) is 17.7. The maximum atomic E-state index is 12.4.